The summed E-state index contributed by atoms with van der Waals surface area (Å²) < 4.78 is 41.4. The average Bonchev–Trinajstić information content (AvgIpc) is 3.35. The van der Waals surface area contributed by atoms with Crippen molar-refractivity contribution in [3.63, 3.8) is 0 Å². The lowest BCUT2D eigenvalue weighted by Gasteiger charge is -2.19. The van der Waals surface area contributed by atoms with Crippen LogP contribution in [-0.4, -0.2) is 49.4 Å². The van der Waals surface area contributed by atoms with Crippen molar-refractivity contribution in [2.45, 2.75) is 31.7 Å². The zero-order valence-corrected chi connectivity index (χ0v) is 16.4. The Morgan fingerprint density at radius 1 is 1.23 bits per heavy atom. The number of halogens is 3. The van der Waals surface area contributed by atoms with E-state index in [1.165, 1.54) is 18.1 Å². The molecule has 1 atom stereocenters. The molecule has 3 heterocycles. The van der Waals surface area contributed by atoms with Gasteiger partial charge in [0.25, 0.3) is 11.8 Å². The van der Waals surface area contributed by atoms with E-state index in [0.717, 1.165) is 21.2 Å². The van der Waals surface area contributed by atoms with Crippen molar-refractivity contribution in [2.24, 2.45) is 0 Å². The highest BCUT2D eigenvalue weighted by atomic mass is 19.4. The molecule has 12 heteroatoms. The van der Waals surface area contributed by atoms with Gasteiger partial charge in [0.05, 0.1) is 6.54 Å². The SMILES string of the molecule is CN1C(=O)[C@@H](NC(=O)c2ncn(Cc3ccccc3)n2)CCn2nc(C(F)(F)F)cc21. The molecule has 162 valence electrons. The van der Waals surface area contributed by atoms with Gasteiger partial charge in [-0.3, -0.25) is 14.5 Å². The van der Waals surface area contributed by atoms with Gasteiger partial charge in [0.15, 0.2) is 5.69 Å². The molecule has 1 aliphatic rings. The van der Waals surface area contributed by atoms with Gasteiger partial charge in [-0.05, 0) is 12.0 Å². The topological polar surface area (TPSA) is 97.9 Å². The molecule has 0 aliphatic carbocycles. The Bertz CT molecular complexity index is 1110. The monoisotopic (exact) mass is 433 g/mol. The van der Waals surface area contributed by atoms with Crippen LogP contribution in [0.2, 0.25) is 0 Å². The van der Waals surface area contributed by atoms with Gasteiger partial charge in [-0.2, -0.15) is 18.3 Å². The number of aromatic nitrogens is 5. The van der Waals surface area contributed by atoms with Crippen LogP contribution in [0.1, 0.15) is 28.3 Å². The summed E-state index contributed by atoms with van der Waals surface area (Å²) in [6.07, 6.45) is -3.12. The van der Waals surface area contributed by atoms with E-state index in [4.69, 9.17) is 0 Å². The molecule has 0 saturated heterocycles. The average molecular weight is 433 g/mol. The first-order chi connectivity index (χ1) is 14.7. The molecule has 2 aromatic heterocycles. The Balaban J connectivity index is 1.44. The fraction of sp³-hybridized carbons (Fsp3) is 0.316. The Kier molecular flexibility index (Phi) is 5.21. The lowest BCUT2D eigenvalue weighted by Crippen LogP contribution is -2.47. The van der Waals surface area contributed by atoms with E-state index in [-0.39, 0.29) is 24.6 Å². The van der Waals surface area contributed by atoms with Gasteiger partial charge in [-0.25, -0.2) is 14.3 Å². The normalized spacial score (nSPS) is 16.7. The number of aryl methyl sites for hydroxylation is 1. The van der Waals surface area contributed by atoms with Crippen LogP contribution in [0, 0.1) is 0 Å². The van der Waals surface area contributed by atoms with Crippen LogP contribution >= 0.6 is 0 Å². The van der Waals surface area contributed by atoms with Crippen molar-refractivity contribution in [2.75, 3.05) is 11.9 Å². The lowest BCUT2D eigenvalue weighted by molar-refractivity contribution is -0.141. The highest BCUT2D eigenvalue weighted by molar-refractivity contribution is 6.00. The minimum atomic E-state index is -4.61. The molecule has 0 unspecified atom stereocenters. The summed E-state index contributed by atoms with van der Waals surface area (Å²) in [7, 11) is 1.34. The fourth-order valence-electron chi connectivity index (χ4n) is 3.30. The second-order valence-corrected chi connectivity index (χ2v) is 7.07. The Morgan fingerprint density at radius 3 is 2.68 bits per heavy atom. The highest BCUT2D eigenvalue weighted by Gasteiger charge is 2.38. The molecule has 4 rings (SSSR count). The molecular weight excluding hydrogens is 415 g/mol. The van der Waals surface area contributed by atoms with Gasteiger partial charge in [0, 0.05) is 19.7 Å². The molecule has 0 bridgehead atoms. The van der Waals surface area contributed by atoms with Crippen molar-refractivity contribution in [1.82, 2.24) is 29.9 Å². The van der Waals surface area contributed by atoms with Crippen LogP contribution in [0.25, 0.3) is 0 Å². The van der Waals surface area contributed by atoms with Crippen LogP contribution in [0.5, 0.6) is 0 Å². The van der Waals surface area contributed by atoms with Crippen LogP contribution in [0.3, 0.4) is 0 Å². The van der Waals surface area contributed by atoms with E-state index < -0.39 is 29.7 Å². The van der Waals surface area contributed by atoms with E-state index in [2.05, 4.69) is 20.5 Å². The second-order valence-electron chi connectivity index (χ2n) is 7.07. The van der Waals surface area contributed by atoms with E-state index in [1.54, 1.807) is 0 Å². The van der Waals surface area contributed by atoms with Gasteiger partial charge in [-0.1, -0.05) is 30.3 Å². The van der Waals surface area contributed by atoms with Gasteiger partial charge in [0.2, 0.25) is 5.82 Å². The molecule has 2 amide bonds. The molecule has 1 N–H and O–H groups in total. The number of hydrogen-bond acceptors (Lipinski definition) is 5. The summed E-state index contributed by atoms with van der Waals surface area (Å²) >= 11 is 0. The quantitative estimate of drug-likeness (QED) is 0.676. The number of hydrogen-bond donors (Lipinski definition) is 1. The number of nitrogens with one attached hydrogen (secondary N) is 1. The number of carbonyl (C=O) groups is 2. The number of benzene rings is 1. The van der Waals surface area contributed by atoms with Crippen molar-refractivity contribution in [3.8, 4) is 0 Å². The maximum Gasteiger partial charge on any atom is 0.435 e. The summed E-state index contributed by atoms with van der Waals surface area (Å²) in [5.41, 5.74) is -0.0923. The zero-order chi connectivity index (χ0) is 22.2. The summed E-state index contributed by atoms with van der Waals surface area (Å²) in [6, 6.07) is 9.35. The first kappa shape index (κ1) is 20.6. The van der Waals surface area contributed by atoms with Crippen molar-refractivity contribution >= 4 is 17.6 Å². The highest BCUT2D eigenvalue weighted by Crippen LogP contribution is 2.32. The third-order valence-corrected chi connectivity index (χ3v) is 4.88. The minimum Gasteiger partial charge on any atom is -0.337 e. The first-order valence-electron chi connectivity index (χ1n) is 9.39. The van der Waals surface area contributed by atoms with E-state index >= 15 is 0 Å². The van der Waals surface area contributed by atoms with Gasteiger partial charge in [-0.15, -0.1) is 5.10 Å². The fourth-order valence-corrected chi connectivity index (χ4v) is 3.30. The maximum absolute atomic E-state index is 12.9. The summed E-state index contributed by atoms with van der Waals surface area (Å²) in [4.78, 5) is 30.3. The molecular formula is C19H18F3N7O2. The first-order valence-corrected chi connectivity index (χ1v) is 9.39. The van der Waals surface area contributed by atoms with E-state index in [0.29, 0.717) is 6.54 Å². The number of rotatable bonds is 4. The molecule has 9 nitrogen and oxygen atoms in total. The minimum absolute atomic E-state index is 0.0133. The van der Waals surface area contributed by atoms with Crippen LogP contribution < -0.4 is 10.2 Å². The molecule has 31 heavy (non-hydrogen) atoms. The van der Waals surface area contributed by atoms with Gasteiger partial charge < -0.3 is 5.32 Å². The van der Waals surface area contributed by atoms with Gasteiger partial charge in [0.1, 0.15) is 18.2 Å². The number of alkyl halides is 3. The van der Waals surface area contributed by atoms with Crippen molar-refractivity contribution < 1.29 is 22.8 Å². The standard InChI is InChI=1S/C19H18F3N7O2/c1-27-15-9-14(19(20,21)22)25-29(15)8-7-13(18(27)31)24-17(30)16-23-11-28(26-16)10-12-5-3-2-4-6-12/h2-6,9,11,13H,7-8,10H2,1H3,(H,24,30)/t13-/m0/s1. The number of likely N-dealkylation sites (N-methyl/N-ethyl adjacent to an activating group) is 1. The molecule has 1 aromatic carbocycles. The largest absolute Gasteiger partial charge is 0.435 e. The Hall–Kier alpha value is -3.70. The number of anilines is 1. The van der Waals surface area contributed by atoms with Crippen molar-refractivity contribution in [1.29, 1.82) is 0 Å². The summed E-state index contributed by atoms with van der Waals surface area (Å²) in [5.74, 6) is -1.29. The van der Waals surface area contributed by atoms with Gasteiger partial charge >= 0.3 is 6.18 Å². The number of fused-ring (bicyclic) bond motifs is 1. The molecule has 0 fully saturated rings. The molecule has 0 spiro atoms. The molecule has 0 radical (unpaired) electrons. The number of nitrogens with zero attached hydrogens (tertiary/aromatic N) is 6. The summed E-state index contributed by atoms with van der Waals surface area (Å²) in [6.45, 7) is 0.456. The molecule has 1 aliphatic heterocycles. The smallest absolute Gasteiger partial charge is 0.337 e. The molecule has 3 aromatic rings. The van der Waals surface area contributed by atoms with Crippen LogP contribution in [0.4, 0.5) is 19.0 Å². The maximum atomic E-state index is 12.9. The predicted molar refractivity (Wildman–Crippen MR) is 102 cm³/mol. The number of carbonyl (C=O) groups excluding carboxylic acids is 2. The lowest BCUT2D eigenvalue weighted by atomic mass is 10.2. The summed E-state index contributed by atoms with van der Waals surface area (Å²) in [5, 5.41) is 10.2. The zero-order valence-electron chi connectivity index (χ0n) is 16.4. The van der Waals surface area contributed by atoms with Crippen LogP contribution in [0.15, 0.2) is 42.7 Å². The second kappa shape index (κ2) is 7.85. The Morgan fingerprint density at radius 2 is 1.97 bits per heavy atom. The predicted octanol–water partition coefficient (Wildman–Crippen LogP) is 1.71. The van der Waals surface area contributed by atoms with Crippen molar-refractivity contribution in [3.05, 3.63) is 59.8 Å². The van der Waals surface area contributed by atoms with Crippen LogP contribution in [-0.2, 0) is 24.1 Å². The third kappa shape index (κ3) is 4.27. The third-order valence-electron chi connectivity index (χ3n) is 4.88. The Labute approximate surface area is 174 Å². The van der Waals surface area contributed by atoms with E-state index in [9.17, 15) is 22.8 Å². The number of amides is 2. The van der Waals surface area contributed by atoms with E-state index in [1.807, 2.05) is 30.3 Å². The molecule has 0 saturated carbocycles.